The maximum Gasteiger partial charge on any atom is 0.239 e. The summed E-state index contributed by atoms with van der Waals surface area (Å²) in [4.78, 5) is 13.9. The first-order valence-corrected chi connectivity index (χ1v) is 6.46. The van der Waals surface area contributed by atoms with Crippen molar-refractivity contribution in [1.82, 2.24) is 5.32 Å². The molecule has 4 nitrogen and oxygen atoms in total. The Hall–Kier alpha value is -1.55. The average molecular weight is 247 g/mol. The SMILES string of the molecule is CC(C)NC(=O)CN1CCC(N)c2ccccc21. The molecule has 0 aliphatic carbocycles. The van der Waals surface area contributed by atoms with Crippen LogP contribution < -0.4 is 16.0 Å². The van der Waals surface area contributed by atoms with Crippen molar-refractivity contribution < 1.29 is 4.79 Å². The quantitative estimate of drug-likeness (QED) is 0.849. The Labute approximate surface area is 108 Å². The van der Waals surface area contributed by atoms with Crippen LogP contribution >= 0.6 is 0 Å². The van der Waals surface area contributed by atoms with Crippen molar-refractivity contribution in [3.63, 3.8) is 0 Å². The second kappa shape index (κ2) is 5.40. The molecule has 1 atom stereocenters. The monoisotopic (exact) mass is 247 g/mol. The molecule has 4 heteroatoms. The van der Waals surface area contributed by atoms with Gasteiger partial charge in [-0.25, -0.2) is 0 Å². The lowest BCUT2D eigenvalue weighted by atomic mass is 9.97. The number of anilines is 1. The highest BCUT2D eigenvalue weighted by Crippen LogP contribution is 2.31. The van der Waals surface area contributed by atoms with Gasteiger partial charge >= 0.3 is 0 Å². The lowest BCUT2D eigenvalue weighted by Gasteiger charge is -2.34. The third-order valence-electron chi connectivity index (χ3n) is 3.17. The van der Waals surface area contributed by atoms with Gasteiger partial charge in [0.1, 0.15) is 0 Å². The van der Waals surface area contributed by atoms with E-state index in [1.165, 1.54) is 0 Å². The molecular weight excluding hydrogens is 226 g/mol. The number of hydrogen-bond donors (Lipinski definition) is 2. The van der Waals surface area contributed by atoms with Gasteiger partial charge in [0.25, 0.3) is 0 Å². The van der Waals surface area contributed by atoms with Gasteiger partial charge in [-0.2, -0.15) is 0 Å². The summed E-state index contributed by atoms with van der Waals surface area (Å²) >= 11 is 0. The summed E-state index contributed by atoms with van der Waals surface area (Å²) in [5.74, 6) is 0.0651. The molecule has 1 unspecified atom stereocenters. The minimum absolute atomic E-state index is 0.0651. The van der Waals surface area contributed by atoms with Crippen molar-refractivity contribution in [1.29, 1.82) is 0 Å². The van der Waals surface area contributed by atoms with E-state index in [1.807, 2.05) is 38.1 Å². The molecule has 0 radical (unpaired) electrons. The van der Waals surface area contributed by atoms with Crippen LogP contribution in [0.15, 0.2) is 24.3 Å². The van der Waals surface area contributed by atoms with Crippen molar-refractivity contribution >= 4 is 11.6 Å². The smallest absolute Gasteiger partial charge is 0.239 e. The third-order valence-corrected chi connectivity index (χ3v) is 3.17. The second-order valence-corrected chi connectivity index (χ2v) is 5.10. The van der Waals surface area contributed by atoms with Gasteiger partial charge in [0, 0.05) is 24.3 Å². The molecule has 1 heterocycles. The average Bonchev–Trinajstić information content (AvgIpc) is 2.32. The Morgan fingerprint density at radius 3 is 2.94 bits per heavy atom. The van der Waals surface area contributed by atoms with E-state index in [4.69, 9.17) is 5.73 Å². The highest BCUT2D eigenvalue weighted by molar-refractivity contribution is 5.82. The summed E-state index contributed by atoms with van der Waals surface area (Å²) in [6.45, 7) is 5.18. The normalized spacial score (nSPS) is 18.7. The first-order chi connectivity index (χ1) is 8.58. The summed E-state index contributed by atoms with van der Waals surface area (Å²) in [6, 6.07) is 8.34. The molecule has 1 aromatic rings. The van der Waals surface area contributed by atoms with Gasteiger partial charge in [0.2, 0.25) is 5.91 Å². The Morgan fingerprint density at radius 1 is 1.50 bits per heavy atom. The standard InChI is InChI=1S/C14H21N3O/c1-10(2)16-14(18)9-17-8-7-12(15)11-5-3-4-6-13(11)17/h3-6,10,12H,7-9,15H2,1-2H3,(H,16,18). The maximum atomic E-state index is 11.8. The van der Waals surface area contributed by atoms with Crippen LogP contribution in [0.25, 0.3) is 0 Å². The van der Waals surface area contributed by atoms with Crippen LogP contribution in [0.2, 0.25) is 0 Å². The van der Waals surface area contributed by atoms with E-state index in [9.17, 15) is 4.79 Å². The number of nitrogens with two attached hydrogens (primary N) is 1. The van der Waals surface area contributed by atoms with E-state index in [-0.39, 0.29) is 18.0 Å². The van der Waals surface area contributed by atoms with Crippen LogP contribution in [0.1, 0.15) is 31.9 Å². The highest BCUT2D eigenvalue weighted by atomic mass is 16.2. The van der Waals surface area contributed by atoms with Crippen LogP contribution in [0.5, 0.6) is 0 Å². The number of para-hydroxylation sites is 1. The predicted octanol–water partition coefficient (Wildman–Crippen LogP) is 1.42. The number of hydrogen-bond acceptors (Lipinski definition) is 3. The largest absolute Gasteiger partial charge is 0.362 e. The van der Waals surface area contributed by atoms with Crippen LogP contribution in [0.4, 0.5) is 5.69 Å². The molecule has 1 aliphatic rings. The van der Waals surface area contributed by atoms with Crippen LogP contribution in [0.3, 0.4) is 0 Å². The summed E-state index contributed by atoms with van der Waals surface area (Å²) < 4.78 is 0. The molecule has 0 saturated carbocycles. The first kappa shape index (κ1) is 12.9. The minimum atomic E-state index is 0.0651. The fourth-order valence-corrected chi connectivity index (χ4v) is 2.37. The van der Waals surface area contributed by atoms with Gasteiger partial charge in [0.05, 0.1) is 6.54 Å². The molecule has 0 aromatic heterocycles. The van der Waals surface area contributed by atoms with Crippen molar-refractivity contribution in [3.05, 3.63) is 29.8 Å². The van der Waals surface area contributed by atoms with Gasteiger partial charge in [-0.3, -0.25) is 4.79 Å². The number of carbonyl (C=O) groups excluding carboxylic acids is 1. The van der Waals surface area contributed by atoms with E-state index < -0.39 is 0 Å². The Bertz CT molecular complexity index is 431. The first-order valence-electron chi connectivity index (χ1n) is 6.46. The molecule has 18 heavy (non-hydrogen) atoms. The molecule has 1 aliphatic heterocycles. The fraction of sp³-hybridized carbons (Fsp3) is 0.500. The molecule has 3 N–H and O–H groups in total. The zero-order valence-electron chi connectivity index (χ0n) is 11.0. The molecule has 98 valence electrons. The van der Waals surface area contributed by atoms with Gasteiger partial charge in [-0.15, -0.1) is 0 Å². The number of amides is 1. The Morgan fingerprint density at radius 2 is 2.22 bits per heavy atom. The van der Waals surface area contributed by atoms with Crippen molar-refractivity contribution in [2.45, 2.75) is 32.4 Å². The number of carbonyl (C=O) groups is 1. The van der Waals surface area contributed by atoms with E-state index in [1.54, 1.807) is 0 Å². The lowest BCUT2D eigenvalue weighted by molar-refractivity contribution is -0.120. The third kappa shape index (κ3) is 2.82. The molecule has 0 bridgehead atoms. The molecule has 2 rings (SSSR count). The molecular formula is C14H21N3O. The Kier molecular flexibility index (Phi) is 3.87. The summed E-state index contributed by atoms with van der Waals surface area (Å²) in [5, 5.41) is 2.92. The number of nitrogens with zero attached hydrogens (tertiary/aromatic N) is 1. The fourth-order valence-electron chi connectivity index (χ4n) is 2.37. The van der Waals surface area contributed by atoms with Gasteiger partial charge in [-0.1, -0.05) is 18.2 Å². The maximum absolute atomic E-state index is 11.8. The van der Waals surface area contributed by atoms with E-state index in [2.05, 4.69) is 10.2 Å². The minimum Gasteiger partial charge on any atom is -0.362 e. The number of fused-ring (bicyclic) bond motifs is 1. The van der Waals surface area contributed by atoms with E-state index in [0.29, 0.717) is 6.54 Å². The topological polar surface area (TPSA) is 58.4 Å². The van der Waals surface area contributed by atoms with Crippen LogP contribution in [0, 0.1) is 0 Å². The van der Waals surface area contributed by atoms with Crippen LogP contribution in [-0.2, 0) is 4.79 Å². The van der Waals surface area contributed by atoms with Gasteiger partial charge in [-0.05, 0) is 31.9 Å². The van der Waals surface area contributed by atoms with Gasteiger partial charge in [0.15, 0.2) is 0 Å². The molecule has 1 amide bonds. The van der Waals surface area contributed by atoms with Crippen LogP contribution in [-0.4, -0.2) is 25.0 Å². The molecule has 0 saturated heterocycles. The zero-order valence-corrected chi connectivity index (χ0v) is 11.0. The number of nitrogens with one attached hydrogen (secondary N) is 1. The summed E-state index contributed by atoms with van der Waals surface area (Å²) in [6.07, 6.45) is 0.895. The molecule has 0 fully saturated rings. The molecule has 0 spiro atoms. The Balaban J connectivity index is 2.12. The lowest BCUT2D eigenvalue weighted by Crippen LogP contribution is -2.43. The summed E-state index contributed by atoms with van der Waals surface area (Å²) in [5.41, 5.74) is 8.33. The van der Waals surface area contributed by atoms with Crippen molar-refractivity contribution in [3.8, 4) is 0 Å². The highest BCUT2D eigenvalue weighted by Gasteiger charge is 2.23. The second-order valence-electron chi connectivity index (χ2n) is 5.10. The molecule has 1 aromatic carbocycles. The van der Waals surface area contributed by atoms with Crippen molar-refractivity contribution in [2.75, 3.05) is 18.0 Å². The predicted molar refractivity (Wildman–Crippen MR) is 73.5 cm³/mol. The number of rotatable bonds is 3. The summed E-state index contributed by atoms with van der Waals surface area (Å²) in [7, 11) is 0. The van der Waals surface area contributed by atoms with Gasteiger partial charge < -0.3 is 16.0 Å². The van der Waals surface area contributed by atoms with E-state index >= 15 is 0 Å². The van der Waals surface area contributed by atoms with E-state index in [0.717, 1.165) is 24.2 Å². The zero-order chi connectivity index (χ0) is 13.1. The number of benzene rings is 1. The van der Waals surface area contributed by atoms with Crippen molar-refractivity contribution in [2.24, 2.45) is 5.73 Å².